The Kier molecular flexibility index (Phi) is 9.99. The largest absolute Gasteiger partial charge is 0.494 e. The zero-order valence-corrected chi connectivity index (χ0v) is 25.5. The molecule has 220 valence electrons. The fourth-order valence-corrected chi connectivity index (χ4v) is 6.21. The highest BCUT2D eigenvalue weighted by molar-refractivity contribution is 5.55. The lowest BCUT2D eigenvalue weighted by Crippen LogP contribution is -2.50. The van der Waals surface area contributed by atoms with Gasteiger partial charge in [-0.1, -0.05) is 98.3 Å². The van der Waals surface area contributed by atoms with E-state index in [0.717, 1.165) is 68.0 Å². The van der Waals surface area contributed by atoms with Gasteiger partial charge in [0.1, 0.15) is 11.4 Å². The van der Waals surface area contributed by atoms with E-state index in [2.05, 4.69) is 116 Å². The van der Waals surface area contributed by atoms with Gasteiger partial charge in [-0.05, 0) is 66.3 Å². The summed E-state index contributed by atoms with van der Waals surface area (Å²) >= 11 is 0. The minimum Gasteiger partial charge on any atom is -0.494 e. The molecule has 1 aliphatic heterocycles. The first-order valence-corrected chi connectivity index (χ1v) is 15.6. The number of hydrogen-bond acceptors (Lipinski definition) is 4. The summed E-state index contributed by atoms with van der Waals surface area (Å²) in [5.41, 5.74) is 6.09. The van der Waals surface area contributed by atoms with Crippen LogP contribution in [0.25, 0.3) is 0 Å². The number of hydrogen-bond donors (Lipinski definition) is 1. The molecule has 4 aromatic carbocycles. The van der Waals surface area contributed by atoms with E-state index in [4.69, 9.17) is 4.74 Å². The Morgan fingerprint density at radius 2 is 1.48 bits per heavy atom. The maximum absolute atomic E-state index is 12.9. The Balaban J connectivity index is 1.43. The van der Waals surface area contributed by atoms with Gasteiger partial charge in [0.25, 0.3) is 0 Å². The Morgan fingerprint density at radius 1 is 0.810 bits per heavy atom. The van der Waals surface area contributed by atoms with Gasteiger partial charge in [-0.25, -0.2) is 0 Å². The van der Waals surface area contributed by atoms with Crippen molar-refractivity contribution in [1.82, 2.24) is 4.90 Å². The number of aryl methyl sites for hydroxylation is 2. The third kappa shape index (κ3) is 7.24. The van der Waals surface area contributed by atoms with Crippen LogP contribution < -0.4 is 9.64 Å². The molecule has 0 bridgehead atoms. The van der Waals surface area contributed by atoms with Crippen LogP contribution in [0.2, 0.25) is 0 Å². The van der Waals surface area contributed by atoms with Crippen LogP contribution in [0.4, 0.5) is 5.69 Å². The highest BCUT2D eigenvalue weighted by atomic mass is 16.5. The van der Waals surface area contributed by atoms with Crippen molar-refractivity contribution < 1.29 is 9.84 Å². The quantitative estimate of drug-likeness (QED) is 0.181. The van der Waals surface area contributed by atoms with Gasteiger partial charge in [0, 0.05) is 50.7 Å². The van der Waals surface area contributed by atoms with Crippen LogP contribution >= 0.6 is 0 Å². The van der Waals surface area contributed by atoms with Gasteiger partial charge in [-0.15, -0.1) is 0 Å². The number of rotatable bonds is 12. The van der Waals surface area contributed by atoms with E-state index < -0.39 is 5.60 Å². The van der Waals surface area contributed by atoms with Crippen LogP contribution in [-0.4, -0.2) is 49.3 Å². The molecule has 1 saturated heterocycles. The molecular formula is C38H46N2O2. The topological polar surface area (TPSA) is 35.9 Å². The van der Waals surface area contributed by atoms with E-state index in [0.29, 0.717) is 13.0 Å². The van der Waals surface area contributed by atoms with Crippen molar-refractivity contribution in [2.24, 2.45) is 0 Å². The van der Waals surface area contributed by atoms with Crippen LogP contribution in [0.1, 0.15) is 53.5 Å². The molecule has 1 heterocycles. The predicted molar refractivity (Wildman–Crippen MR) is 175 cm³/mol. The summed E-state index contributed by atoms with van der Waals surface area (Å²) in [7, 11) is 0. The van der Waals surface area contributed by atoms with Crippen molar-refractivity contribution in [3.63, 3.8) is 0 Å². The molecule has 0 saturated carbocycles. The van der Waals surface area contributed by atoms with Crippen LogP contribution in [-0.2, 0) is 12.0 Å². The van der Waals surface area contributed by atoms with E-state index in [1.807, 2.05) is 18.2 Å². The van der Waals surface area contributed by atoms with Crippen molar-refractivity contribution in [1.29, 1.82) is 0 Å². The third-order valence-corrected chi connectivity index (χ3v) is 8.73. The van der Waals surface area contributed by atoms with Crippen LogP contribution in [0, 0.1) is 13.8 Å². The molecule has 0 unspecified atom stereocenters. The zero-order chi connectivity index (χ0) is 29.4. The van der Waals surface area contributed by atoms with E-state index >= 15 is 0 Å². The number of piperazine rings is 1. The molecule has 4 heteroatoms. The van der Waals surface area contributed by atoms with Gasteiger partial charge in [0.05, 0.1) is 6.61 Å². The fraction of sp³-hybridized carbons (Fsp3) is 0.368. The average molecular weight is 563 g/mol. The molecular weight excluding hydrogens is 516 g/mol. The lowest BCUT2D eigenvalue weighted by atomic mass is 9.73. The minimum atomic E-state index is -1.10. The summed E-state index contributed by atoms with van der Waals surface area (Å²) in [4.78, 5) is 5.06. The SMILES string of the molecule is CCCCOc1ccc([C@@](O)(Cc2ccccc2)[C@H](CN2CCN(c3cc(C)ccc3C)CC2)c2ccccc2)cc1. The first kappa shape index (κ1) is 29.9. The van der Waals surface area contributed by atoms with Gasteiger partial charge < -0.3 is 14.7 Å². The molecule has 4 nitrogen and oxygen atoms in total. The Bertz CT molecular complexity index is 1380. The normalized spacial score (nSPS) is 16.1. The van der Waals surface area contributed by atoms with Gasteiger partial charge in [0.2, 0.25) is 0 Å². The van der Waals surface area contributed by atoms with E-state index in [9.17, 15) is 5.11 Å². The summed E-state index contributed by atoms with van der Waals surface area (Å²) < 4.78 is 5.97. The maximum atomic E-state index is 12.9. The molecule has 1 fully saturated rings. The van der Waals surface area contributed by atoms with E-state index in [1.54, 1.807) is 0 Å². The van der Waals surface area contributed by atoms with Crippen molar-refractivity contribution in [3.05, 3.63) is 131 Å². The summed E-state index contributed by atoms with van der Waals surface area (Å²) in [6.45, 7) is 11.9. The molecule has 0 aromatic heterocycles. The first-order valence-electron chi connectivity index (χ1n) is 15.6. The fourth-order valence-electron chi connectivity index (χ4n) is 6.21. The first-order chi connectivity index (χ1) is 20.5. The van der Waals surface area contributed by atoms with Crippen LogP contribution in [0.15, 0.2) is 103 Å². The lowest BCUT2D eigenvalue weighted by molar-refractivity contribution is -0.00554. The zero-order valence-electron chi connectivity index (χ0n) is 25.5. The second kappa shape index (κ2) is 14.0. The highest BCUT2D eigenvalue weighted by Crippen LogP contribution is 2.41. The smallest absolute Gasteiger partial charge is 0.119 e. The summed E-state index contributed by atoms with van der Waals surface area (Å²) in [5, 5.41) is 12.9. The van der Waals surface area contributed by atoms with Gasteiger partial charge in [-0.2, -0.15) is 0 Å². The van der Waals surface area contributed by atoms with Crippen molar-refractivity contribution in [2.45, 2.75) is 51.6 Å². The number of benzene rings is 4. The molecule has 42 heavy (non-hydrogen) atoms. The molecule has 0 aliphatic carbocycles. The molecule has 5 rings (SSSR count). The monoisotopic (exact) mass is 562 g/mol. The number of aliphatic hydroxyl groups is 1. The number of ether oxygens (including phenoxy) is 1. The molecule has 1 N–H and O–H groups in total. The Labute approximate surface area is 252 Å². The standard InChI is InChI=1S/C38H46N2O2/c1-4-5-26-42-35-20-18-34(19-21-35)38(41,28-32-12-8-6-9-13-32)36(33-14-10-7-11-15-33)29-39-22-24-40(25-23-39)37-27-30(2)16-17-31(37)3/h6-21,27,36,41H,4-5,22-26,28-29H2,1-3H3/t36-,38+/m1/s1. The summed E-state index contributed by atoms with van der Waals surface area (Å²) in [5.74, 6) is 0.742. The van der Waals surface area contributed by atoms with E-state index in [-0.39, 0.29) is 5.92 Å². The highest BCUT2D eigenvalue weighted by Gasteiger charge is 2.41. The predicted octanol–water partition coefficient (Wildman–Crippen LogP) is 7.52. The second-order valence-electron chi connectivity index (χ2n) is 11.9. The molecule has 4 aromatic rings. The minimum absolute atomic E-state index is 0.113. The molecule has 2 atom stereocenters. The van der Waals surface area contributed by atoms with Crippen molar-refractivity contribution in [2.75, 3.05) is 44.2 Å². The maximum Gasteiger partial charge on any atom is 0.119 e. The van der Waals surface area contributed by atoms with E-state index in [1.165, 1.54) is 16.8 Å². The summed E-state index contributed by atoms with van der Waals surface area (Å²) in [6, 6.07) is 35.9. The van der Waals surface area contributed by atoms with Crippen molar-refractivity contribution >= 4 is 5.69 Å². The molecule has 0 spiro atoms. The van der Waals surface area contributed by atoms with Crippen molar-refractivity contribution in [3.8, 4) is 5.75 Å². The van der Waals surface area contributed by atoms with Gasteiger partial charge >= 0.3 is 0 Å². The Hall–Kier alpha value is -3.60. The molecule has 1 aliphatic rings. The van der Waals surface area contributed by atoms with Gasteiger partial charge in [-0.3, -0.25) is 4.90 Å². The second-order valence-corrected chi connectivity index (χ2v) is 11.9. The Morgan fingerprint density at radius 3 is 2.14 bits per heavy atom. The van der Waals surface area contributed by atoms with Crippen LogP contribution in [0.3, 0.4) is 0 Å². The average Bonchev–Trinajstić information content (AvgIpc) is 3.02. The lowest BCUT2D eigenvalue weighted by Gasteiger charge is -2.43. The molecule has 0 amide bonds. The number of unbranched alkanes of at least 4 members (excludes halogenated alkanes) is 1. The molecule has 0 radical (unpaired) electrons. The summed E-state index contributed by atoms with van der Waals surface area (Å²) in [6.07, 6.45) is 2.67. The van der Waals surface area contributed by atoms with Crippen LogP contribution in [0.5, 0.6) is 5.75 Å². The number of nitrogens with zero attached hydrogens (tertiary/aromatic N) is 2. The number of anilines is 1. The third-order valence-electron chi connectivity index (χ3n) is 8.73. The van der Waals surface area contributed by atoms with Gasteiger partial charge in [0.15, 0.2) is 0 Å².